The number of ether oxygens (including phenoxy) is 2. The van der Waals surface area contributed by atoms with Gasteiger partial charge in [0.1, 0.15) is 23.1 Å². The van der Waals surface area contributed by atoms with E-state index in [0.717, 1.165) is 11.3 Å². The Balaban J connectivity index is 2.06. The third-order valence-electron chi connectivity index (χ3n) is 3.81. The highest BCUT2D eigenvalue weighted by molar-refractivity contribution is 5.97. The molecule has 6 nitrogen and oxygen atoms in total. The van der Waals surface area contributed by atoms with Gasteiger partial charge < -0.3 is 20.1 Å². The Morgan fingerprint density at radius 3 is 2.42 bits per heavy atom. The molecule has 0 aliphatic carbocycles. The lowest BCUT2D eigenvalue weighted by atomic mass is 10.1. The molecule has 2 rings (SSSR count). The summed E-state index contributed by atoms with van der Waals surface area (Å²) in [6.07, 6.45) is 1.37. The van der Waals surface area contributed by atoms with E-state index >= 15 is 0 Å². The van der Waals surface area contributed by atoms with Gasteiger partial charge in [-0.1, -0.05) is 24.3 Å². The van der Waals surface area contributed by atoms with E-state index in [-0.39, 0.29) is 11.6 Å². The standard InChI is InChI=1S/C20H21N3O3/c1-14(15-8-10-17(25-2)11-9-15)23-20(24)16(12-21)13-22-18-6-4-5-7-19(18)26-3/h4-11,13-14,22H,1-3H3,(H,23,24)/b16-13-. The van der Waals surface area contributed by atoms with E-state index in [9.17, 15) is 10.1 Å². The number of methoxy groups -OCH3 is 2. The van der Waals surface area contributed by atoms with Gasteiger partial charge in [-0.25, -0.2) is 0 Å². The maximum absolute atomic E-state index is 12.4. The molecule has 0 aliphatic heterocycles. The molecule has 0 spiro atoms. The van der Waals surface area contributed by atoms with Crippen LogP contribution in [0.4, 0.5) is 5.69 Å². The van der Waals surface area contributed by atoms with Crippen molar-refractivity contribution < 1.29 is 14.3 Å². The van der Waals surface area contributed by atoms with Gasteiger partial charge in [0.05, 0.1) is 25.9 Å². The molecule has 26 heavy (non-hydrogen) atoms. The van der Waals surface area contributed by atoms with E-state index in [1.807, 2.05) is 49.4 Å². The highest BCUT2D eigenvalue weighted by Crippen LogP contribution is 2.23. The lowest BCUT2D eigenvalue weighted by molar-refractivity contribution is -0.117. The van der Waals surface area contributed by atoms with Gasteiger partial charge in [-0.3, -0.25) is 4.79 Å². The minimum Gasteiger partial charge on any atom is -0.497 e. The van der Waals surface area contributed by atoms with E-state index in [2.05, 4.69) is 10.6 Å². The second kappa shape index (κ2) is 9.14. The number of para-hydroxylation sites is 2. The van der Waals surface area contributed by atoms with Crippen molar-refractivity contribution in [1.29, 1.82) is 5.26 Å². The summed E-state index contributed by atoms with van der Waals surface area (Å²) in [5.41, 5.74) is 1.55. The van der Waals surface area contributed by atoms with Crippen LogP contribution in [0.5, 0.6) is 11.5 Å². The fourth-order valence-corrected chi connectivity index (χ4v) is 2.31. The minimum atomic E-state index is -0.460. The van der Waals surface area contributed by atoms with E-state index in [1.165, 1.54) is 6.20 Å². The number of hydrogen-bond acceptors (Lipinski definition) is 5. The van der Waals surface area contributed by atoms with Gasteiger partial charge >= 0.3 is 0 Å². The Kier molecular flexibility index (Phi) is 6.63. The van der Waals surface area contributed by atoms with Crippen molar-refractivity contribution in [3.05, 3.63) is 65.9 Å². The summed E-state index contributed by atoms with van der Waals surface area (Å²) in [4.78, 5) is 12.4. The predicted molar refractivity (Wildman–Crippen MR) is 99.9 cm³/mol. The lowest BCUT2D eigenvalue weighted by Gasteiger charge is -2.14. The third-order valence-corrected chi connectivity index (χ3v) is 3.81. The normalized spacial score (nSPS) is 11.8. The molecule has 0 saturated carbocycles. The molecule has 1 atom stereocenters. The number of carbonyl (C=O) groups is 1. The first-order chi connectivity index (χ1) is 12.6. The molecule has 0 bridgehead atoms. The number of hydrogen-bond donors (Lipinski definition) is 2. The molecular formula is C20H21N3O3. The van der Waals surface area contributed by atoms with E-state index in [4.69, 9.17) is 9.47 Å². The van der Waals surface area contributed by atoms with Crippen molar-refractivity contribution in [3.8, 4) is 17.6 Å². The summed E-state index contributed by atoms with van der Waals surface area (Å²) in [6, 6.07) is 16.3. The molecular weight excluding hydrogens is 330 g/mol. The molecule has 0 aromatic heterocycles. The fourth-order valence-electron chi connectivity index (χ4n) is 2.31. The first-order valence-electron chi connectivity index (χ1n) is 8.03. The van der Waals surface area contributed by atoms with Gasteiger partial charge in [0, 0.05) is 6.20 Å². The van der Waals surface area contributed by atoms with Crippen molar-refractivity contribution >= 4 is 11.6 Å². The maximum atomic E-state index is 12.4. The molecule has 2 aromatic carbocycles. The van der Waals surface area contributed by atoms with Gasteiger partial charge in [0.2, 0.25) is 0 Å². The van der Waals surface area contributed by atoms with Gasteiger partial charge in [0.25, 0.3) is 5.91 Å². The van der Waals surface area contributed by atoms with Crippen LogP contribution in [0, 0.1) is 11.3 Å². The van der Waals surface area contributed by atoms with Gasteiger partial charge in [-0.15, -0.1) is 0 Å². The number of benzene rings is 2. The summed E-state index contributed by atoms with van der Waals surface area (Å²) in [6.45, 7) is 1.85. The summed E-state index contributed by atoms with van der Waals surface area (Å²) in [5.74, 6) is 0.900. The number of amides is 1. The predicted octanol–water partition coefficient (Wildman–Crippen LogP) is 3.40. The largest absolute Gasteiger partial charge is 0.497 e. The molecule has 2 N–H and O–H groups in total. The Morgan fingerprint density at radius 1 is 1.12 bits per heavy atom. The van der Waals surface area contributed by atoms with Crippen molar-refractivity contribution in [2.24, 2.45) is 0 Å². The van der Waals surface area contributed by atoms with Crippen molar-refractivity contribution in [2.45, 2.75) is 13.0 Å². The fraction of sp³-hybridized carbons (Fsp3) is 0.200. The zero-order valence-corrected chi connectivity index (χ0v) is 14.9. The van der Waals surface area contributed by atoms with Crippen LogP contribution >= 0.6 is 0 Å². The molecule has 1 amide bonds. The zero-order chi connectivity index (χ0) is 18.9. The van der Waals surface area contributed by atoms with Gasteiger partial charge in [-0.05, 0) is 36.8 Å². The molecule has 0 aliphatic rings. The van der Waals surface area contributed by atoms with Crippen LogP contribution in [0.3, 0.4) is 0 Å². The molecule has 0 fully saturated rings. The van der Waals surface area contributed by atoms with E-state index in [1.54, 1.807) is 26.4 Å². The average Bonchev–Trinajstić information content (AvgIpc) is 2.68. The quantitative estimate of drug-likeness (QED) is 0.590. The number of nitriles is 1. The highest BCUT2D eigenvalue weighted by atomic mass is 16.5. The summed E-state index contributed by atoms with van der Waals surface area (Å²) in [7, 11) is 3.15. The number of carbonyl (C=O) groups excluding carboxylic acids is 1. The number of rotatable bonds is 7. The maximum Gasteiger partial charge on any atom is 0.263 e. The van der Waals surface area contributed by atoms with Crippen LogP contribution in [-0.2, 0) is 4.79 Å². The Bertz CT molecular complexity index is 823. The third kappa shape index (κ3) is 4.77. The number of nitrogens with one attached hydrogen (secondary N) is 2. The van der Waals surface area contributed by atoms with Gasteiger partial charge in [-0.2, -0.15) is 5.26 Å². The molecule has 134 valence electrons. The van der Waals surface area contributed by atoms with Crippen LogP contribution in [-0.4, -0.2) is 20.1 Å². The average molecular weight is 351 g/mol. The van der Waals surface area contributed by atoms with Gasteiger partial charge in [0.15, 0.2) is 0 Å². The second-order valence-corrected chi connectivity index (χ2v) is 5.48. The SMILES string of the molecule is COc1ccc(C(C)NC(=O)/C(C#N)=C\Nc2ccccc2OC)cc1. The smallest absolute Gasteiger partial charge is 0.263 e. The van der Waals surface area contributed by atoms with Crippen LogP contribution in [0.25, 0.3) is 0 Å². The number of nitrogens with zero attached hydrogens (tertiary/aromatic N) is 1. The van der Waals surface area contributed by atoms with Crippen LogP contribution < -0.4 is 20.1 Å². The van der Waals surface area contributed by atoms with Crippen molar-refractivity contribution in [1.82, 2.24) is 5.32 Å². The van der Waals surface area contributed by atoms with E-state index < -0.39 is 5.91 Å². The minimum absolute atomic E-state index is 0.0312. The van der Waals surface area contributed by atoms with Crippen LogP contribution in [0.1, 0.15) is 18.5 Å². The Hall–Kier alpha value is -3.46. The van der Waals surface area contributed by atoms with Crippen molar-refractivity contribution in [3.63, 3.8) is 0 Å². The molecule has 0 radical (unpaired) electrons. The van der Waals surface area contributed by atoms with Crippen LogP contribution in [0.15, 0.2) is 60.3 Å². The molecule has 2 aromatic rings. The first kappa shape index (κ1) is 18.9. The number of anilines is 1. The molecule has 0 saturated heterocycles. The monoisotopic (exact) mass is 351 g/mol. The van der Waals surface area contributed by atoms with Crippen LogP contribution in [0.2, 0.25) is 0 Å². The Morgan fingerprint density at radius 2 is 1.81 bits per heavy atom. The Labute approximate surface area is 153 Å². The highest BCUT2D eigenvalue weighted by Gasteiger charge is 2.14. The topological polar surface area (TPSA) is 83.4 Å². The molecule has 0 heterocycles. The second-order valence-electron chi connectivity index (χ2n) is 5.48. The first-order valence-corrected chi connectivity index (χ1v) is 8.03. The summed E-state index contributed by atoms with van der Waals surface area (Å²) < 4.78 is 10.3. The lowest BCUT2D eigenvalue weighted by Crippen LogP contribution is -2.28. The van der Waals surface area contributed by atoms with Crippen molar-refractivity contribution in [2.75, 3.05) is 19.5 Å². The summed E-state index contributed by atoms with van der Waals surface area (Å²) in [5, 5.41) is 15.0. The van der Waals surface area contributed by atoms with E-state index in [0.29, 0.717) is 11.4 Å². The zero-order valence-electron chi connectivity index (χ0n) is 14.9. The summed E-state index contributed by atoms with van der Waals surface area (Å²) >= 11 is 0. The molecule has 1 unspecified atom stereocenters. The molecule has 6 heteroatoms.